The highest BCUT2D eigenvalue weighted by Crippen LogP contribution is 2.31. The van der Waals surface area contributed by atoms with Gasteiger partial charge >= 0.3 is 5.97 Å². The molecule has 1 heterocycles. The van der Waals surface area contributed by atoms with Crippen LogP contribution in [-0.4, -0.2) is 48.6 Å². The number of carbonyl (C=O) groups is 1. The fourth-order valence-corrected chi connectivity index (χ4v) is 3.14. The summed E-state index contributed by atoms with van der Waals surface area (Å²) in [4.78, 5) is 19.1. The number of halogens is 1. The van der Waals surface area contributed by atoms with Crippen molar-refractivity contribution in [1.82, 2.24) is 9.88 Å². The van der Waals surface area contributed by atoms with Crippen LogP contribution in [0.3, 0.4) is 0 Å². The Hall–Kier alpha value is -1.85. The molecule has 0 aliphatic rings. The summed E-state index contributed by atoms with van der Waals surface area (Å²) in [5.74, 6) is -0.375. The lowest BCUT2D eigenvalue weighted by Crippen LogP contribution is -2.29. The molecule has 0 aliphatic carbocycles. The van der Waals surface area contributed by atoms with Gasteiger partial charge in [0.15, 0.2) is 0 Å². The third kappa shape index (κ3) is 4.61. The van der Waals surface area contributed by atoms with E-state index in [1.165, 1.54) is 0 Å². The van der Waals surface area contributed by atoms with Gasteiger partial charge in [-0.1, -0.05) is 25.4 Å². The van der Waals surface area contributed by atoms with Crippen LogP contribution in [0.5, 0.6) is 0 Å². The van der Waals surface area contributed by atoms with E-state index in [4.69, 9.17) is 16.3 Å². The van der Waals surface area contributed by atoms with E-state index in [0.717, 1.165) is 48.3 Å². The monoisotopic (exact) mass is 363 g/mol. The van der Waals surface area contributed by atoms with Crippen LogP contribution in [0.25, 0.3) is 10.9 Å². The zero-order chi connectivity index (χ0) is 18.4. The first-order valence-corrected chi connectivity index (χ1v) is 9.11. The average molecular weight is 364 g/mol. The molecule has 0 saturated carbocycles. The highest BCUT2D eigenvalue weighted by atomic mass is 35.5. The number of hydrogen-bond acceptors (Lipinski definition) is 5. The maximum Gasteiger partial charge on any atom is 0.341 e. The first-order chi connectivity index (χ1) is 12.0. The second-order valence-corrected chi connectivity index (χ2v) is 6.28. The zero-order valence-corrected chi connectivity index (χ0v) is 16.1. The van der Waals surface area contributed by atoms with Crippen molar-refractivity contribution in [1.29, 1.82) is 0 Å². The maximum absolute atomic E-state index is 12.3. The van der Waals surface area contributed by atoms with Crippen LogP contribution in [0.2, 0.25) is 5.02 Å². The van der Waals surface area contributed by atoms with Crippen LogP contribution in [0.4, 0.5) is 5.69 Å². The summed E-state index contributed by atoms with van der Waals surface area (Å²) >= 11 is 6.24. The van der Waals surface area contributed by atoms with Crippen molar-refractivity contribution in [2.24, 2.45) is 0 Å². The molecule has 136 valence electrons. The molecule has 1 aromatic heterocycles. The molecule has 0 unspecified atom stereocenters. The zero-order valence-electron chi connectivity index (χ0n) is 15.4. The topological polar surface area (TPSA) is 54.5 Å². The van der Waals surface area contributed by atoms with Gasteiger partial charge in [-0.2, -0.15) is 0 Å². The number of benzene rings is 1. The van der Waals surface area contributed by atoms with Gasteiger partial charge in [-0.05, 0) is 44.6 Å². The van der Waals surface area contributed by atoms with Crippen LogP contribution in [-0.2, 0) is 4.74 Å². The van der Waals surface area contributed by atoms with Crippen LogP contribution < -0.4 is 5.32 Å². The number of esters is 1. The minimum Gasteiger partial charge on any atom is -0.462 e. The Labute approximate surface area is 154 Å². The van der Waals surface area contributed by atoms with Gasteiger partial charge in [0.05, 0.1) is 17.8 Å². The third-order valence-corrected chi connectivity index (χ3v) is 4.46. The van der Waals surface area contributed by atoms with Crippen LogP contribution in [0.15, 0.2) is 18.3 Å². The summed E-state index contributed by atoms with van der Waals surface area (Å²) < 4.78 is 5.19. The molecule has 0 spiro atoms. The highest BCUT2D eigenvalue weighted by molar-refractivity contribution is 6.31. The van der Waals surface area contributed by atoms with E-state index in [0.29, 0.717) is 17.2 Å². The van der Waals surface area contributed by atoms with Crippen molar-refractivity contribution in [2.75, 3.05) is 38.1 Å². The minimum absolute atomic E-state index is 0.324. The van der Waals surface area contributed by atoms with E-state index in [1.54, 1.807) is 13.1 Å². The van der Waals surface area contributed by atoms with E-state index >= 15 is 0 Å². The summed E-state index contributed by atoms with van der Waals surface area (Å²) in [6.07, 6.45) is 1.58. The van der Waals surface area contributed by atoms with Gasteiger partial charge in [0.2, 0.25) is 0 Å². The summed E-state index contributed by atoms with van der Waals surface area (Å²) in [5, 5.41) is 4.88. The van der Waals surface area contributed by atoms with Crippen molar-refractivity contribution in [3.63, 3.8) is 0 Å². The lowest BCUT2D eigenvalue weighted by atomic mass is 10.1. The molecule has 0 aliphatic heterocycles. The normalized spacial score (nSPS) is 11.1. The Morgan fingerprint density at radius 3 is 2.64 bits per heavy atom. The van der Waals surface area contributed by atoms with E-state index in [-0.39, 0.29) is 5.97 Å². The van der Waals surface area contributed by atoms with E-state index in [9.17, 15) is 4.79 Å². The largest absolute Gasteiger partial charge is 0.462 e. The minimum atomic E-state index is -0.375. The molecule has 0 radical (unpaired) electrons. The van der Waals surface area contributed by atoms with Gasteiger partial charge in [-0.15, -0.1) is 0 Å². The number of carbonyl (C=O) groups excluding carboxylic acids is 1. The molecule has 5 nitrogen and oxygen atoms in total. The average Bonchev–Trinajstić information content (AvgIpc) is 2.58. The van der Waals surface area contributed by atoms with Gasteiger partial charge in [-0.3, -0.25) is 4.98 Å². The van der Waals surface area contributed by atoms with Crippen molar-refractivity contribution in [3.05, 3.63) is 34.5 Å². The number of nitrogens with zero attached hydrogens (tertiary/aromatic N) is 2. The van der Waals surface area contributed by atoms with Crippen molar-refractivity contribution < 1.29 is 9.53 Å². The SMILES string of the molecule is CCOC(=O)c1cnc2c(C)cc(Cl)cc2c1NCCN(CC)CC. The maximum atomic E-state index is 12.3. The summed E-state index contributed by atoms with van der Waals surface area (Å²) in [6, 6.07) is 3.72. The molecule has 2 rings (SSSR count). The van der Waals surface area contributed by atoms with Crippen LogP contribution in [0, 0.1) is 6.92 Å². The smallest absolute Gasteiger partial charge is 0.341 e. The molecule has 0 amide bonds. The summed E-state index contributed by atoms with van der Waals surface area (Å²) in [6.45, 7) is 11.9. The van der Waals surface area contributed by atoms with Gasteiger partial charge < -0.3 is 15.0 Å². The highest BCUT2D eigenvalue weighted by Gasteiger charge is 2.18. The predicted octanol–water partition coefficient (Wildman–Crippen LogP) is 4.13. The summed E-state index contributed by atoms with van der Waals surface area (Å²) in [7, 11) is 0. The van der Waals surface area contributed by atoms with Crippen molar-refractivity contribution in [3.8, 4) is 0 Å². The number of aryl methyl sites for hydroxylation is 1. The first kappa shape index (κ1) is 19.5. The number of fused-ring (bicyclic) bond motifs is 1. The molecule has 25 heavy (non-hydrogen) atoms. The molecule has 1 N–H and O–H groups in total. The summed E-state index contributed by atoms with van der Waals surface area (Å²) in [5.41, 5.74) is 2.99. The number of aromatic nitrogens is 1. The molecule has 6 heteroatoms. The standard InChI is InChI=1S/C19H26ClN3O2/c1-5-23(6-2)9-8-21-18-15-11-14(20)10-13(4)17(15)22-12-16(18)19(24)25-7-3/h10-12H,5-9H2,1-4H3,(H,21,22). The van der Waals surface area contributed by atoms with E-state index in [2.05, 4.69) is 29.0 Å². The Morgan fingerprint density at radius 1 is 1.28 bits per heavy atom. The lowest BCUT2D eigenvalue weighted by Gasteiger charge is -2.20. The molecule has 0 saturated heterocycles. The lowest BCUT2D eigenvalue weighted by molar-refractivity contribution is 0.0527. The molecule has 0 atom stereocenters. The molecule has 1 aromatic carbocycles. The molecule has 0 bridgehead atoms. The molecule has 0 fully saturated rings. The number of ether oxygens (including phenoxy) is 1. The first-order valence-electron chi connectivity index (χ1n) is 8.73. The number of pyridine rings is 1. The number of hydrogen-bond donors (Lipinski definition) is 1. The van der Waals surface area contributed by atoms with Gasteiger partial charge in [0, 0.05) is 29.7 Å². The number of anilines is 1. The molecular weight excluding hydrogens is 338 g/mol. The van der Waals surface area contributed by atoms with Gasteiger partial charge in [0.25, 0.3) is 0 Å². The van der Waals surface area contributed by atoms with Crippen molar-refractivity contribution >= 4 is 34.2 Å². The van der Waals surface area contributed by atoms with E-state index in [1.807, 2.05) is 19.1 Å². The molecule has 2 aromatic rings. The van der Waals surface area contributed by atoms with Crippen LogP contribution in [0.1, 0.15) is 36.7 Å². The number of rotatable bonds is 8. The quantitative estimate of drug-likeness (QED) is 0.715. The third-order valence-electron chi connectivity index (χ3n) is 4.25. The molecular formula is C19H26ClN3O2. The van der Waals surface area contributed by atoms with Gasteiger partial charge in [-0.25, -0.2) is 4.79 Å². The number of nitrogens with one attached hydrogen (secondary N) is 1. The van der Waals surface area contributed by atoms with Gasteiger partial charge in [0.1, 0.15) is 5.56 Å². The Morgan fingerprint density at radius 2 is 2.00 bits per heavy atom. The number of likely N-dealkylation sites (N-methyl/N-ethyl adjacent to an activating group) is 1. The van der Waals surface area contributed by atoms with Crippen LogP contribution >= 0.6 is 11.6 Å². The Balaban J connectivity index is 2.43. The predicted molar refractivity (Wildman–Crippen MR) is 104 cm³/mol. The second kappa shape index (κ2) is 9.02. The van der Waals surface area contributed by atoms with Crippen molar-refractivity contribution in [2.45, 2.75) is 27.7 Å². The fourth-order valence-electron chi connectivity index (χ4n) is 2.87. The van der Waals surface area contributed by atoms with E-state index < -0.39 is 0 Å². The second-order valence-electron chi connectivity index (χ2n) is 5.84. The fraction of sp³-hybridized carbons (Fsp3) is 0.474. The Kier molecular flexibility index (Phi) is 7.02. The Bertz CT molecular complexity index is 745.